The molecule has 0 spiro atoms. The molecule has 1 aromatic heterocycles. The number of carbonyl (C=O) groups is 2. The quantitative estimate of drug-likeness (QED) is 0.433. The van der Waals surface area contributed by atoms with Crippen LogP contribution in [0, 0.1) is 17.5 Å². The summed E-state index contributed by atoms with van der Waals surface area (Å²) in [7, 11) is 0. The predicted molar refractivity (Wildman–Crippen MR) is 103 cm³/mol. The summed E-state index contributed by atoms with van der Waals surface area (Å²) in [6.45, 7) is -0.804. The van der Waals surface area contributed by atoms with Crippen LogP contribution in [-0.4, -0.2) is 55.8 Å². The van der Waals surface area contributed by atoms with Crippen molar-refractivity contribution in [1.29, 1.82) is 0 Å². The van der Waals surface area contributed by atoms with E-state index < -0.39 is 47.3 Å². The molecular weight excluding hydrogens is 472 g/mol. The van der Waals surface area contributed by atoms with Crippen molar-refractivity contribution in [3.8, 4) is 0 Å². The summed E-state index contributed by atoms with van der Waals surface area (Å²) in [5.74, 6) is -6.12. The maximum Gasteiger partial charge on any atom is 0.451 e. The first-order valence-electron chi connectivity index (χ1n) is 10.3. The van der Waals surface area contributed by atoms with Crippen LogP contribution >= 0.6 is 0 Å². The highest BCUT2D eigenvalue weighted by molar-refractivity contribution is 5.80. The van der Waals surface area contributed by atoms with Gasteiger partial charge in [0.05, 0.1) is 6.54 Å². The highest BCUT2D eigenvalue weighted by atomic mass is 19.4. The smallest absolute Gasteiger partial charge is 0.396 e. The normalized spacial score (nSPS) is 14.6. The van der Waals surface area contributed by atoms with Gasteiger partial charge in [0.15, 0.2) is 17.5 Å². The summed E-state index contributed by atoms with van der Waals surface area (Å²) in [4.78, 5) is 26.2. The molecule has 2 N–H and O–H groups in total. The molecule has 0 bridgehead atoms. The van der Waals surface area contributed by atoms with E-state index >= 15 is 0 Å². The number of benzene rings is 1. The van der Waals surface area contributed by atoms with Gasteiger partial charge in [0.1, 0.15) is 5.82 Å². The Labute approximate surface area is 189 Å². The van der Waals surface area contributed by atoms with Gasteiger partial charge < -0.3 is 19.9 Å². The monoisotopic (exact) mass is 493 g/mol. The zero-order valence-corrected chi connectivity index (χ0v) is 17.7. The van der Waals surface area contributed by atoms with Crippen molar-refractivity contribution in [3.63, 3.8) is 0 Å². The molecule has 1 aromatic carbocycles. The van der Waals surface area contributed by atoms with Crippen LogP contribution in [0.25, 0.3) is 0 Å². The van der Waals surface area contributed by atoms with Gasteiger partial charge in [0.25, 0.3) is 0 Å². The van der Waals surface area contributed by atoms with Crippen LogP contribution in [0.3, 0.4) is 0 Å². The lowest BCUT2D eigenvalue weighted by Crippen LogP contribution is -2.44. The minimum atomic E-state index is -4.70. The summed E-state index contributed by atoms with van der Waals surface area (Å²) in [5.41, 5.74) is -0.271. The number of hydrogen-bond donors (Lipinski definition) is 2. The zero-order chi connectivity index (χ0) is 25.0. The van der Waals surface area contributed by atoms with Crippen LogP contribution in [-0.2, 0) is 35.3 Å². The van der Waals surface area contributed by atoms with Gasteiger partial charge in [0.2, 0.25) is 17.6 Å². The third-order valence-corrected chi connectivity index (χ3v) is 5.26. The van der Waals surface area contributed by atoms with Gasteiger partial charge in [-0.2, -0.15) is 13.2 Å². The van der Waals surface area contributed by atoms with Gasteiger partial charge in [-0.3, -0.25) is 9.59 Å². The molecule has 0 saturated carbocycles. The molecule has 8 nitrogen and oxygen atoms in total. The fourth-order valence-corrected chi connectivity index (χ4v) is 3.62. The van der Waals surface area contributed by atoms with E-state index in [0.717, 1.165) is 4.57 Å². The Bertz CT molecular complexity index is 1060. The van der Waals surface area contributed by atoms with Crippen LogP contribution in [0.4, 0.5) is 26.3 Å². The summed E-state index contributed by atoms with van der Waals surface area (Å²) >= 11 is 0. The Morgan fingerprint density at radius 1 is 1.09 bits per heavy atom. The predicted octanol–water partition coefficient (Wildman–Crippen LogP) is 1.95. The van der Waals surface area contributed by atoms with Crippen LogP contribution in [0.15, 0.2) is 12.1 Å². The molecular formula is C20H21F6N5O3. The Morgan fingerprint density at radius 3 is 2.47 bits per heavy atom. The van der Waals surface area contributed by atoms with E-state index in [1.54, 1.807) is 0 Å². The molecule has 0 unspecified atom stereocenters. The second kappa shape index (κ2) is 10.4. The van der Waals surface area contributed by atoms with Crippen LogP contribution in [0.2, 0.25) is 0 Å². The topological polar surface area (TPSA) is 100 Å². The summed E-state index contributed by atoms with van der Waals surface area (Å²) in [6, 6.07) is -0.0414. The first-order valence-corrected chi connectivity index (χ1v) is 10.3. The molecule has 1 atom stereocenters. The maximum absolute atomic E-state index is 14.1. The largest absolute Gasteiger partial charge is 0.451 e. The summed E-state index contributed by atoms with van der Waals surface area (Å²) < 4.78 is 80.8. The molecule has 2 aromatic rings. The number of rotatable bonds is 8. The number of nitrogens with zero attached hydrogens (tertiary/aromatic N) is 4. The number of aromatic nitrogens is 3. The third kappa shape index (κ3) is 6.04. The van der Waals surface area contributed by atoms with E-state index in [-0.39, 0.29) is 63.3 Å². The standard InChI is InChI=1S/C20H21F6N5O3/c21-13-9-15(23)14(22)7-11(13)6-12(27-17(33)2-1-5-32)8-18(34)30-3-4-31-16(10-30)28-29-19(31)20(24,25)26/h7,9,12,32H,1-6,8,10H2,(H,27,33)/t12-/m1/s1. The molecule has 1 aliphatic heterocycles. The molecule has 2 heterocycles. The molecule has 2 amide bonds. The second-order valence-corrected chi connectivity index (χ2v) is 7.76. The molecule has 14 heteroatoms. The van der Waals surface area contributed by atoms with Gasteiger partial charge in [-0.15, -0.1) is 10.2 Å². The van der Waals surface area contributed by atoms with Gasteiger partial charge in [-0.25, -0.2) is 13.2 Å². The van der Waals surface area contributed by atoms with E-state index in [1.165, 1.54) is 4.90 Å². The van der Waals surface area contributed by atoms with Gasteiger partial charge in [-0.05, 0) is 24.5 Å². The molecule has 0 radical (unpaired) electrons. The van der Waals surface area contributed by atoms with Crippen molar-refractivity contribution in [2.45, 2.75) is 51.0 Å². The van der Waals surface area contributed by atoms with E-state index in [1.807, 2.05) is 0 Å². The number of alkyl halides is 3. The van der Waals surface area contributed by atoms with E-state index in [0.29, 0.717) is 12.1 Å². The average Bonchev–Trinajstić information content (AvgIpc) is 3.19. The number of amides is 2. The highest BCUT2D eigenvalue weighted by Crippen LogP contribution is 2.29. The van der Waals surface area contributed by atoms with Crippen LogP contribution in [0.5, 0.6) is 0 Å². The fraction of sp³-hybridized carbons (Fsp3) is 0.500. The van der Waals surface area contributed by atoms with Crippen molar-refractivity contribution in [1.82, 2.24) is 25.0 Å². The van der Waals surface area contributed by atoms with Crippen molar-refractivity contribution in [2.75, 3.05) is 13.2 Å². The maximum atomic E-state index is 14.1. The number of carbonyl (C=O) groups excluding carboxylic acids is 2. The highest BCUT2D eigenvalue weighted by Gasteiger charge is 2.40. The zero-order valence-electron chi connectivity index (χ0n) is 17.7. The fourth-order valence-electron chi connectivity index (χ4n) is 3.62. The first kappa shape index (κ1) is 25.5. The lowest BCUT2D eigenvalue weighted by Gasteiger charge is -2.29. The number of halogens is 6. The number of aliphatic hydroxyl groups excluding tert-OH is 1. The van der Waals surface area contributed by atoms with E-state index in [4.69, 9.17) is 5.11 Å². The van der Waals surface area contributed by atoms with Gasteiger partial charge >= 0.3 is 6.18 Å². The van der Waals surface area contributed by atoms with Crippen LogP contribution in [0.1, 0.15) is 36.5 Å². The van der Waals surface area contributed by atoms with E-state index in [9.17, 15) is 35.9 Å². The number of nitrogens with one attached hydrogen (secondary N) is 1. The van der Waals surface area contributed by atoms with Gasteiger partial charge in [-0.1, -0.05) is 0 Å². The molecule has 34 heavy (non-hydrogen) atoms. The van der Waals surface area contributed by atoms with Crippen molar-refractivity contribution in [3.05, 3.63) is 46.8 Å². The average molecular weight is 493 g/mol. The van der Waals surface area contributed by atoms with Gasteiger partial charge in [0, 0.05) is 44.6 Å². The van der Waals surface area contributed by atoms with E-state index in [2.05, 4.69) is 15.5 Å². The van der Waals surface area contributed by atoms with Crippen molar-refractivity contribution < 1.29 is 41.0 Å². The molecule has 3 rings (SSSR count). The second-order valence-electron chi connectivity index (χ2n) is 7.76. The lowest BCUT2D eigenvalue weighted by atomic mass is 10.0. The number of fused-ring (bicyclic) bond motifs is 1. The Hall–Kier alpha value is -3.16. The molecule has 0 saturated heterocycles. The Kier molecular flexibility index (Phi) is 7.79. The molecule has 1 aliphatic rings. The van der Waals surface area contributed by atoms with Crippen LogP contribution < -0.4 is 5.32 Å². The lowest BCUT2D eigenvalue weighted by molar-refractivity contribution is -0.148. The van der Waals surface area contributed by atoms with Crippen molar-refractivity contribution >= 4 is 11.8 Å². The minimum absolute atomic E-state index is 0.0675. The number of aliphatic hydroxyl groups is 1. The Balaban J connectivity index is 1.74. The molecule has 186 valence electrons. The first-order chi connectivity index (χ1) is 16.0. The summed E-state index contributed by atoms with van der Waals surface area (Å²) in [6.07, 6.45) is -5.38. The molecule has 0 aliphatic carbocycles. The SMILES string of the molecule is O=C(CCCO)N[C@@H](CC(=O)N1CCn2c(nnc2C(F)(F)F)C1)Cc1cc(F)c(F)cc1F. The molecule has 0 fully saturated rings. The van der Waals surface area contributed by atoms with Crippen molar-refractivity contribution in [2.24, 2.45) is 0 Å². The number of hydrogen-bond acceptors (Lipinski definition) is 5. The Morgan fingerprint density at radius 2 is 1.79 bits per heavy atom. The third-order valence-electron chi connectivity index (χ3n) is 5.26. The minimum Gasteiger partial charge on any atom is -0.396 e. The summed E-state index contributed by atoms with van der Waals surface area (Å²) in [5, 5.41) is 18.0.